The van der Waals surface area contributed by atoms with Crippen molar-refractivity contribution in [3.63, 3.8) is 0 Å². The molecule has 0 bridgehead atoms. The maximum absolute atomic E-state index is 6.32. The third-order valence-electron chi connectivity index (χ3n) is 3.13. The van der Waals surface area contributed by atoms with E-state index in [0.717, 1.165) is 26.9 Å². The molecular formula is C15H10BrCl2N3. The number of H-pyrrole nitrogens is 1. The minimum atomic E-state index is 0.423. The van der Waals surface area contributed by atoms with E-state index in [0.29, 0.717) is 15.9 Å². The second kappa shape index (κ2) is 5.72. The molecule has 0 aliphatic carbocycles. The first kappa shape index (κ1) is 14.4. The van der Waals surface area contributed by atoms with Gasteiger partial charge in [0, 0.05) is 15.1 Å². The fourth-order valence-electron chi connectivity index (χ4n) is 2.15. The molecule has 3 N–H and O–H groups in total. The lowest BCUT2D eigenvalue weighted by Crippen LogP contribution is -1.89. The largest absolute Gasteiger partial charge is 0.382 e. The van der Waals surface area contributed by atoms with Gasteiger partial charge >= 0.3 is 0 Å². The lowest BCUT2D eigenvalue weighted by atomic mass is 10.0. The number of nitrogens with zero attached hydrogens (tertiary/aromatic N) is 1. The average Bonchev–Trinajstić information content (AvgIpc) is 2.82. The van der Waals surface area contributed by atoms with Gasteiger partial charge in [0.25, 0.3) is 0 Å². The van der Waals surface area contributed by atoms with E-state index in [-0.39, 0.29) is 0 Å². The molecule has 0 saturated carbocycles. The van der Waals surface area contributed by atoms with Gasteiger partial charge in [-0.05, 0) is 29.8 Å². The number of halogens is 3. The van der Waals surface area contributed by atoms with Crippen molar-refractivity contribution in [2.75, 3.05) is 5.73 Å². The van der Waals surface area contributed by atoms with Crippen LogP contribution < -0.4 is 5.73 Å². The number of rotatable bonds is 2. The smallest absolute Gasteiger partial charge is 0.153 e. The summed E-state index contributed by atoms with van der Waals surface area (Å²) in [6, 6.07) is 13.1. The topological polar surface area (TPSA) is 54.7 Å². The third-order valence-corrected chi connectivity index (χ3v) is 4.19. The lowest BCUT2D eigenvalue weighted by molar-refractivity contribution is 1.10. The van der Waals surface area contributed by atoms with Gasteiger partial charge < -0.3 is 5.73 Å². The van der Waals surface area contributed by atoms with Gasteiger partial charge in [-0.25, -0.2) is 0 Å². The second-order valence-electron chi connectivity index (χ2n) is 4.49. The number of hydrogen-bond acceptors (Lipinski definition) is 2. The molecule has 0 unspecified atom stereocenters. The molecule has 0 atom stereocenters. The number of nitrogen functional groups attached to an aromatic ring is 1. The molecule has 21 heavy (non-hydrogen) atoms. The van der Waals surface area contributed by atoms with E-state index in [4.69, 9.17) is 28.9 Å². The Hall–Kier alpha value is -1.49. The molecule has 0 radical (unpaired) electrons. The zero-order valence-corrected chi connectivity index (χ0v) is 13.8. The van der Waals surface area contributed by atoms with Crippen molar-refractivity contribution < 1.29 is 0 Å². The highest BCUT2D eigenvalue weighted by Crippen LogP contribution is 2.38. The Kier molecular flexibility index (Phi) is 3.93. The third kappa shape index (κ3) is 2.79. The fourth-order valence-corrected chi connectivity index (χ4v) is 3.05. The van der Waals surface area contributed by atoms with Crippen LogP contribution in [0.2, 0.25) is 10.0 Å². The maximum atomic E-state index is 6.32. The Bertz CT molecular complexity index is 797. The molecular weight excluding hydrogens is 373 g/mol. The van der Waals surface area contributed by atoms with Crippen molar-refractivity contribution in [1.82, 2.24) is 10.2 Å². The van der Waals surface area contributed by atoms with E-state index in [1.807, 2.05) is 42.5 Å². The molecule has 1 heterocycles. The monoisotopic (exact) mass is 381 g/mol. The van der Waals surface area contributed by atoms with Crippen LogP contribution in [0.3, 0.4) is 0 Å². The Balaban J connectivity index is 2.19. The molecule has 0 amide bonds. The first-order valence-corrected chi connectivity index (χ1v) is 7.66. The van der Waals surface area contributed by atoms with Crippen LogP contribution in [0.15, 0.2) is 46.9 Å². The predicted octanol–water partition coefficient (Wildman–Crippen LogP) is 5.40. The molecule has 0 fully saturated rings. The van der Waals surface area contributed by atoms with Crippen LogP contribution in [-0.2, 0) is 0 Å². The van der Waals surface area contributed by atoms with E-state index >= 15 is 0 Å². The van der Waals surface area contributed by atoms with E-state index < -0.39 is 0 Å². The van der Waals surface area contributed by atoms with Crippen LogP contribution in [0.25, 0.3) is 22.4 Å². The Morgan fingerprint density at radius 1 is 1.05 bits per heavy atom. The normalized spacial score (nSPS) is 10.8. The van der Waals surface area contributed by atoms with Crippen LogP contribution in [0.1, 0.15) is 0 Å². The highest BCUT2D eigenvalue weighted by molar-refractivity contribution is 9.10. The van der Waals surface area contributed by atoms with Gasteiger partial charge in [0.2, 0.25) is 0 Å². The Labute approximate surface area is 140 Å². The molecule has 1 aromatic heterocycles. The molecule has 3 nitrogen and oxygen atoms in total. The summed E-state index contributed by atoms with van der Waals surface area (Å²) < 4.78 is 0.914. The minimum Gasteiger partial charge on any atom is -0.382 e. The molecule has 3 rings (SSSR count). The summed E-state index contributed by atoms with van der Waals surface area (Å²) in [6.45, 7) is 0. The predicted molar refractivity (Wildman–Crippen MR) is 91.6 cm³/mol. The summed E-state index contributed by atoms with van der Waals surface area (Å²) in [5, 5.41) is 8.35. The van der Waals surface area contributed by atoms with Crippen molar-refractivity contribution in [2.45, 2.75) is 0 Å². The molecule has 0 aliphatic rings. The molecule has 6 heteroatoms. The van der Waals surface area contributed by atoms with Gasteiger partial charge in [0.05, 0.1) is 16.3 Å². The summed E-state index contributed by atoms with van der Waals surface area (Å²) in [7, 11) is 0. The number of hydrogen-bond donors (Lipinski definition) is 2. The SMILES string of the molecule is Nc1n[nH]c(-c2ccc(Br)cc2Cl)c1-c1ccc(Cl)cc1. The van der Waals surface area contributed by atoms with Gasteiger partial charge in [-0.1, -0.05) is 57.3 Å². The van der Waals surface area contributed by atoms with Gasteiger partial charge in [-0.15, -0.1) is 0 Å². The van der Waals surface area contributed by atoms with Crippen molar-refractivity contribution in [1.29, 1.82) is 0 Å². The standard InChI is InChI=1S/C15H10BrCl2N3/c16-9-3-6-11(12(18)7-9)14-13(15(19)21-20-14)8-1-4-10(17)5-2-8/h1-7H,(H3,19,20,21). The van der Waals surface area contributed by atoms with Crippen molar-refractivity contribution in [3.8, 4) is 22.4 Å². The van der Waals surface area contributed by atoms with Gasteiger partial charge in [0.15, 0.2) is 5.82 Å². The van der Waals surface area contributed by atoms with Crippen LogP contribution in [0.5, 0.6) is 0 Å². The number of aromatic amines is 1. The summed E-state index contributed by atoms with van der Waals surface area (Å²) in [5.74, 6) is 0.423. The quantitative estimate of drug-likeness (QED) is 0.623. The molecule has 3 aromatic rings. The summed E-state index contributed by atoms with van der Waals surface area (Å²) in [5.41, 5.74) is 9.37. The number of nitrogens with one attached hydrogen (secondary N) is 1. The van der Waals surface area contributed by atoms with Crippen LogP contribution >= 0.6 is 39.1 Å². The van der Waals surface area contributed by atoms with Crippen LogP contribution in [0.4, 0.5) is 5.82 Å². The van der Waals surface area contributed by atoms with E-state index in [1.165, 1.54) is 0 Å². The fraction of sp³-hybridized carbons (Fsp3) is 0. The van der Waals surface area contributed by atoms with Gasteiger partial charge in [0.1, 0.15) is 0 Å². The first-order valence-electron chi connectivity index (χ1n) is 6.11. The van der Waals surface area contributed by atoms with Crippen LogP contribution in [0, 0.1) is 0 Å². The Morgan fingerprint density at radius 2 is 1.76 bits per heavy atom. The van der Waals surface area contributed by atoms with Gasteiger partial charge in [-0.3, -0.25) is 5.10 Å². The van der Waals surface area contributed by atoms with E-state index in [2.05, 4.69) is 26.1 Å². The van der Waals surface area contributed by atoms with Crippen molar-refractivity contribution >= 4 is 44.9 Å². The maximum Gasteiger partial charge on any atom is 0.153 e. The van der Waals surface area contributed by atoms with E-state index in [9.17, 15) is 0 Å². The number of benzene rings is 2. The molecule has 2 aromatic carbocycles. The van der Waals surface area contributed by atoms with Gasteiger partial charge in [-0.2, -0.15) is 5.10 Å². The molecule has 0 spiro atoms. The number of aromatic nitrogens is 2. The number of nitrogens with two attached hydrogens (primary N) is 1. The van der Waals surface area contributed by atoms with E-state index in [1.54, 1.807) is 0 Å². The summed E-state index contributed by atoms with van der Waals surface area (Å²) >= 11 is 15.6. The second-order valence-corrected chi connectivity index (χ2v) is 6.25. The molecule has 106 valence electrons. The molecule has 0 saturated heterocycles. The molecule has 0 aliphatic heterocycles. The van der Waals surface area contributed by atoms with Crippen LogP contribution in [-0.4, -0.2) is 10.2 Å². The van der Waals surface area contributed by atoms with Crippen molar-refractivity contribution in [2.24, 2.45) is 0 Å². The highest BCUT2D eigenvalue weighted by atomic mass is 79.9. The zero-order chi connectivity index (χ0) is 15.0. The zero-order valence-electron chi connectivity index (χ0n) is 10.7. The Morgan fingerprint density at radius 3 is 2.43 bits per heavy atom. The van der Waals surface area contributed by atoms with Crippen molar-refractivity contribution in [3.05, 3.63) is 57.0 Å². The summed E-state index contributed by atoms with van der Waals surface area (Å²) in [4.78, 5) is 0. The average molecular weight is 383 g/mol. The summed E-state index contributed by atoms with van der Waals surface area (Å²) in [6.07, 6.45) is 0. The first-order chi connectivity index (χ1) is 10.1. The highest BCUT2D eigenvalue weighted by Gasteiger charge is 2.16. The number of anilines is 1. The minimum absolute atomic E-state index is 0.423. The lowest BCUT2D eigenvalue weighted by Gasteiger charge is -2.07.